The Morgan fingerprint density at radius 2 is 1.81 bits per heavy atom. The van der Waals surface area contributed by atoms with Crippen molar-refractivity contribution in [2.45, 2.75) is 46.3 Å². The van der Waals surface area contributed by atoms with Crippen LogP contribution >= 0.6 is 0 Å². The van der Waals surface area contributed by atoms with E-state index >= 15 is 0 Å². The van der Waals surface area contributed by atoms with E-state index < -0.39 is 35.3 Å². The smallest absolute Gasteiger partial charge is 0.273 e. The van der Waals surface area contributed by atoms with Gasteiger partial charge in [0.05, 0.1) is 11.4 Å². The van der Waals surface area contributed by atoms with Crippen LogP contribution in [0.5, 0.6) is 0 Å². The maximum Gasteiger partial charge on any atom is 0.273 e. The summed E-state index contributed by atoms with van der Waals surface area (Å²) in [5, 5.41) is 15.4. The third kappa shape index (κ3) is 6.24. The maximum atomic E-state index is 13.4. The number of aromatic nitrogens is 1. The Morgan fingerprint density at radius 1 is 1.12 bits per heavy atom. The quantitative estimate of drug-likeness (QED) is 0.343. The van der Waals surface area contributed by atoms with Crippen molar-refractivity contribution in [3.63, 3.8) is 0 Å². The van der Waals surface area contributed by atoms with Crippen molar-refractivity contribution < 1.29 is 24.3 Å². The number of nitrogens with one attached hydrogen (secondary N) is 3. The van der Waals surface area contributed by atoms with Crippen LogP contribution in [0.1, 0.15) is 33.3 Å². The van der Waals surface area contributed by atoms with Crippen molar-refractivity contribution in [2.24, 2.45) is 11.3 Å². The highest BCUT2D eigenvalue weighted by Gasteiger charge is 2.39. The molecule has 0 radical (unpaired) electrons. The summed E-state index contributed by atoms with van der Waals surface area (Å²) in [7, 11) is 1.49. The zero-order chi connectivity index (χ0) is 23.9. The Labute approximate surface area is 187 Å². The van der Waals surface area contributed by atoms with Crippen LogP contribution in [0.2, 0.25) is 0 Å². The lowest BCUT2D eigenvalue weighted by Gasteiger charge is -2.32. The zero-order valence-electron chi connectivity index (χ0n) is 19.1. The first-order valence-corrected chi connectivity index (χ1v) is 10.5. The number of ether oxygens (including phenoxy) is 1. The summed E-state index contributed by atoms with van der Waals surface area (Å²) < 4.78 is 5.54. The normalized spacial score (nSPS) is 14.3. The molecule has 0 fully saturated rings. The summed E-state index contributed by atoms with van der Waals surface area (Å²) in [4.78, 5) is 42.6. The standard InChI is InChI=1S/C23H32N4O5/c1-6-32-18(21(29)27-31)16(20(28)26-19(22(30)24-5)23(2,3)4)12-14-11-15-9-7-8-10-17(15)25-13-14/h7-11,13,16,18-19,31H,6,12H2,1-5H3,(H,24,30)(H,26,28)(H,27,29)/t16-,18+,19-/m1/s1. The molecule has 1 aromatic carbocycles. The van der Waals surface area contributed by atoms with E-state index in [0.717, 1.165) is 10.9 Å². The van der Waals surface area contributed by atoms with Gasteiger partial charge in [-0.2, -0.15) is 0 Å². The molecule has 0 bridgehead atoms. The lowest BCUT2D eigenvalue weighted by Crippen LogP contribution is -2.56. The van der Waals surface area contributed by atoms with Gasteiger partial charge in [0.25, 0.3) is 5.91 Å². The molecule has 32 heavy (non-hydrogen) atoms. The Morgan fingerprint density at radius 3 is 2.41 bits per heavy atom. The fraction of sp³-hybridized carbons (Fsp3) is 0.478. The maximum absolute atomic E-state index is 13.4. The van der Waals surface area contributed by atoms with Gasteiger partial charge in [0, 0.05) is 25.2 Å². The minimum atomic E-state index is -1.26. The van der Waals surface area contributed by atoms with Crippen molar-refractivity contribution >= 4 is 28.6 Å². The number of hydrogen-bond acceptors (Lipinski definition) is 6. The van der Waals surface area contributed by atoms with Crippen LogP contribution in [0.25, 0.3) is 10.9 Å². The van der Waals surface area contributed by atoms with Crippen LogP contribution in [-0.2, 0) is 25.5 Å². The predicted molar refractivity (Wildman–Crippen MR) is 120 cm³/mol. The number of para-hydroxylation sites is 1. The fourth-order valence-corrected chi connectivity index (χ4v) is 3.51. The number of rotatable bonds is 9. The summed E-state index contributed by atoms with van der Waals surface area (Å²) in [6.45, 7) is 7.32. The number of carbonyl (C=O) groups is 3. The van der Waals surface area contributed by atoms with Crippen molar-refractivity contribution in [3.8, 4) is 0 Å². The molecule has 1 aromatic heterocycles. The summed E-state index contributed by atoms with van der Waals surface area (Å²) in [6, 6.07) is 8.61. The van der Waals surface area contributed by atoms with E-state index in [4.69, 9.17) is 4.74 Å². The van der Waals surface area contributed by atoms with Crippen LogP contribution in [0, 0.1) is 11.3 Å². The molecule has 1 heterocycles. The van der Waals surface area contributed by atoms with Crippen LogP contribution < -0.4 is 16.1 Å². The number of hydrogen-bond donors (Lipinski definition) is 4. The molecule has 0 saturated carbocycles. The summed E-state index contributed by atoms with van der Waals surface area (Å²) >= 11 is 0. The highest BCUT2D eigenvalue weighted by molar-refractivity contribution is 5.93. The van der Waals surface area contributed by atoms with Crippen LogP contribution in [0.15, 0.2) is 36.5 Å². The van der Waals surface area contributed by atoms with Crippen LogP contribution in [0.4, 0.5) is 0 Å². The zero-order valence-corrected chi connectivity index (χ0v) is 19.1. The number of pyridine rings is 1. The Bertz CT molecular complexity index is 957. The molecule has 0 aliphatic heterocycles. The van der Waals surface area contributed by atoms with Gasteiger partial charge >= 0.3 is 0 Å². The third-order valence-electron chi connectivity index (χ3n) is 5.18. The van der Waals surface area contributed by atoms with Crippen LogP contribution in [0.3, 0.4) is 0 Å². The fourth-order valence-electron chi connectivity index (χ4n) is 3.51. The minimum Gasteiger partial charge on any atom is -0.368 e. The van der Waals surface area contributed by atoms with Gasteiger partial charge in [-0.1, -0.05) is 39.0 Å². The molecule has 0 unspecified atom stereocenters. The molecule has 174 valence electrons. The number of fused-ring (bicyclic) bond motifs is 1. The molecule has 2 aromatic rings. The SMILES string of the molecule is CCO[C@H](C(=O)NO)[C@@H](Cc1cnc2ccccc2c1)C(=O)N[C@H](C(=O)NC)C(C)(C)C. The van der Waals surface area contributed by atoms with E-state index in [2.05, 4.69) is 15.6 Å². The Kier molecular flexibility index (Phi) is 8.68. The van der Waals surface area contributed by atoms with E-state index in [9.17, 15) is 19.6 Å². The molecule has 0 saturated heterocycles. The van der Waals surface area contributed by atoms with Gasteiger partial charge in [-0.3, -0.25) is 24.6 Å². The molecular formula is C23H32N4O5. The largest absolute Gasteiger partial charge is 0.368 e. The molecule has 9 heteroatoms. The van der Waals surface area contributed by atoms with Gasteiger partial charge in [-0.15, -0.1) is 0 Å². The van der Waals surface area contributed by atoms with Crippen molar-refractivity contribution in [3.05, 3.63) is 42.1 Å². The van der Waals surface area contributed by atoms with Gasteiger partial charge in [-0.05, 0) is 36.5 Å². The molecular weight excluding hydrogens is 412 g/mol. The molecule has 2 rings (SSSR count). The van der Waals surface area contributed by atoms with Gasteiger partial charge in [-0.25, -0.2) is 5.48 Å². The predicted octanol–water partition coefficient (Wildman–Crippen LogP) is 1.58. The summed E-state index contributed by atoms with van der Waals surface area (Å²) in [5.74, 6) is -2.74. The van der Waals surface area contributed by atoms with Gasteiger partial charge in [0.2, 0.25) is 11.8 Å². The Hall–Kier alpha value is -3.04. The third-order valence-corrected chi connectivity index (χ3v) is 5.18. The molecule has 3 atom stereocenters. The topological polar surface area (TPSA) is 130 Å². The van der Waals surface area contributed by atoms with Gasteiger partial charge < -0.3 is 15.4 Å². The summed E-state index contributed by atoms with van der Waals surface area (Å²) in [6.07, 6.45) is 0.497. The monoisotopic (exact) mass is 444 g/mol. The highest BCUT2D eigenvalue weighted by atomic mass is 16.5. The average molecular weight is 445 g/mol. The second-order valence-corrected chi connectivity index (χ2v) is 8.62. The molecule has 0 aliphatic rings. The highest BCUT2D eigenvalue weighted by Crippen LogP contribution is 2.23. The lowest BCUT2D eigenvalue weighted by atomic mass is 9.85. The van der Waals surface area contributed by atoms with Crippen LogP contribution in [-0.4, -0.2) is 53.7 Å². The van der Waals surface area contributed by atoms with Gasteiger partial charge in [0.1, 0.15) is 12.1 Å². The number of hydroxylamine groups is 1. The number of amides is 3. The van der Waals surface area contributed by atoms with Crippen molar-refractivity contribution in [1.29, 1.82) is 0 Å². The lowest BCUT2D eigenvalue weighted by molar-refractivity contribution is -0.151. The number of nitrogens with zero attached hydrogens (tertiary/aromatic N) is 1. The first kappa shape index (κ1) is 25.2. The number of likely N-dealkylation sites (N-methyl/N-ethyl adjacent to an activating group) is 1. The number of carbonyl (C=O) groups excluding carboxylic acids is 3. The second-order valence-electron chi connectivity index (χ2n) is 8.62. The van der Waals surface area contributed by atoms with Crippen molar-refractivity contribution in [2.75, 3.05) is 13.7 Å². The molecule has 0 aliphatic carbocycles. The van der Waals surface area contributed by atoms with E-state index in [1.165, 1.54) is 7.05 Å². The van der Waals surface area contributed by atoms with Gasteiger partial charge in [0.15, 0.2) is 0 Å². The van der Waals surface area contributed by atoms with E-state index in [-0.39, 0.29) is 18.9 Å². The van der Waals surface area contributed by atoms with E-state index in [0.29, 0.717) is 5.56 Å². The molecule has 9 nitrogen and oxygen atoms in total. The minimum absolute atomic E-state index is 0.117. The first-order chi connectivity index (χ1) is 15.1. The van der Waals surface area contributed by atoms with Crippen molar-refractivity contribution in [1.82, 2.24) is 21.1 Å². The van der Waals surface area contributed by atoms with E-state index in [1.54, 1.807) is 18.6 Å². The average Bonchev–Trinajstić information content (AvgIpc) is 2.77. The molecule has 3 amide bonds. The first-order valence-electron chi connectivity index (χ1n) is 10.5. The Balaban J connectivity index is 2.42. The molecule has 0 spiro atoms. The summed E-state index contributed by atoms with van der Waals surface area (Å²) in [5.41, 5.74) is 2.52. The van der Waals surface area contributed by atoms with E-state index in [1.807, 2.05) is 51.1 Å². The number of benzene rings is 1. The molecule has 4 N–H and O–H groups in total. The second kappa shape index (κ2) is 11.0.